The van der Waals surface area contributed by atoms with E-state index in [1.807, 2.05) is 20.8 Å². The van der Waals surface area contributed by atoms with Gasteiger partial charge in [0.25, 0.3) is 5.91 Å². The summed E-state index contributed by atoms with van der Waals surface area (Å²) in [4.78, 5) is 35.1. The number of aryl methyl sites for hydroxylation is 1. The van der Waals surface area contributed by atoms with Gasteiger partial charge >= 0.3 is 6.18 Å². The van der Waals surface area contributed by atoms with Gasteiger partial charge in [0.05, 0.1) is 18.2 Å². The maximum atomic E-state index is 13.0. The number of rotatable bonds is 7. The summed E-state index contributed by atoms with van der Waals surface area (Å²) < 4.78 is 42.0. The number of halogens is 3. The number of fused-ring (bicyclic) bond motifs is 1. The molecular formula is C22H25F3N4O3. The van der Waals surface area contributed by atoms with Crippen LogP contribution in [0.25, 0.3) is 0 Å². The molecule has 0 radical (unpaired) electrons. The summed E-state index contributed by atoms with van der Waals surface area (Å²) in [5.41, 5.74) is 2.85. The highest BCUT2D eigenvalue weighted by Gasteiger charge is 2.34. The van der Waals surface area contributed by atoms with Crippen LogP contribution in [0.5, 0.6) is 5.88 Å². The standard InChI is InChI=1S/C22H25F3N4O3/c1-12(2)28-19(30)8-18-17-10-29(21(31)16(17)5-6-26-18)14(4)15-7-13(3)20(27-9-15)32-11-22(23,24)25/h5-7,9,12,14H,8,10-11H2,1-4H3,(H,28,30). The maximum absolute atomic E-state index is 13.0. The molecule has 2 aromatic heterocycles. The third kappa shape index (κ3) is 5.35. The highest BCUT2D eigenvalue weighted by molar-refractivity contribution is 5.99. The van der Waals surface area contributed by atoms with Crippen LogP contribution in [0, 0.1) is 6.92 Å². The minimum Gasteiger partial charge on any atom is -0.468 e. The van der Waals surface area contributed by atoms with Gasteiger partial charge in [-0.1, -0.05) is 0 Å². The van der Waals surface area contributed by atoms with Gasteiger partial charge in [0.2, 0.25) is 11.8 Å². The molecule has 1 aliphatic rings. The van der Waals surface area contributed by atoms with Crippen molar-refractivity contribution in [2.75, 3.05) is 6.61 Å². The minimum atomic E-state index is -4.45. The van der Waals surface area contributed by atoms with Gasteiger partial charge in [-0.15, -0.1) is 0 Å². The summed E-state index contributed by atoms with van der Waals surface area (Å²) in [6.45, 7) is 6.00. The number of carbonyl (C=O) groups excluding carboxylic acids is 2. The van der Waals surface area contributed by atoms with E-state index in [1.165, 1.54) is 12.4 Å². The van der Waals surface area contributed by atoms with E-state index >= 15 is 0 Å². The molecule has 1 aliphatic heterocycles. The lowest BCUT2D eigenvalue weighted by Gasteiger charge is -2.25. The van der Waals surface area contributed by atoms with Crippen molar-refractivity contribution in [2.24, 2.45) is 0 Å². The Kier molecular flexibility index (Phi) is 6.71. The molecule has 1 unspecified atom stereocenters. The van der Waals surface area contributed by atoms with Crippen molar-refractivity contribution < 1.29 is 27.5 Å². The fourth-order valence-corrected chi connectivity index (χ4v) is 3.59. The van der Waals surface area contributed by atoms with Crippen LogP contribution >= 0.6 is 0 Å². The molecule has 0 saturated heterocycles. The van der Waals surface area contributed by atoms with Gasteiger partial charge in [-0.25, -0.2) is 4.98 Å². The highest BCUT2D eigenvalue weighted by Crippen LogP contribution is 2.33. The Morgan fingerprint density at radius 1 is 1.28 bits per heavy atom. The van der Waals surface area contributed by atoms with Crippen LogP contribution in [0.2, 0.25) is 0 Å². The molecule has 0 fully saturated rings. The van der Waals surface area contributed by atoms with E-state index in [2.05, 4.69) is 15.3 Å². The predicted molar refractivity (Wildman–Crippen MR) is 110 cm³/mol. The van der Waals surface area contributed by atoms with Crippen molar-refractivity contribution >= 4 is 11.8 Å². The van der Waals surface area contributed by atoms with Crippen LogP contribution < -0.4 is 10.1 Å². The molecule has 10 heteroatoms. The molecule has 0 bridgehead atoms. The Hall–Kier alpha value is -3.17. The Balaban J connectivity index is 1.77. The van der Waals surface area contributed by atoms with Crippen LogP contribution in [0.3, 0.4) is 0 Å². The third-order valence-corrected chi connectivity index (χ3v) is 5.12. The van der Waals surface area contributed by atoms with E-state index in [0.29, 0.717) is 27.9 Å². The number of amides is 2. The molecule has 0 aromatic carbocycles. The largest absolute Gasteiger partial charge is 0.468 e. The van der Waals surface area contributed by atoms with Crippen LogP contribution in [0.15, 0.2) is 24.5 Å². The fourth-order valence-electron chi connectivity index (χ4n) is 3.59. The lowest BCUT2D eigenvalue weighted by molar-refractivity contribution is -0.154. The lowest BCUT2D eigenvalue weighted by atomic mass is 10.1. The Labute approximate surface area is 184 Å². The zero-order chi connectivity index (χ0) is 23.6. The summed E-state index contributed by atoms with van der Waals surface area (Å²) in [6.07, 6.45) is -1.45. The summed E-state index contributed by atoms with van der Waals surface area (Å²) in [7, 11) is 0. The Morgan fingerprint density at radius 2 is 2.00 bits per heavy atom. The number of pyridine rings is 2. The average Bonchev–Trinajstić information content (AvgIpc) is 3.03. The first-order valence-corrected chi connectivity index (χ1v) is 10.2. The van der Waals surface area contributed by atoms with E-state index in [9.17, 15) is 22.8 Å². The van der Waals surface area contributed by atoms with Crippen molar-refractivity contribution in [3.8, 4) is 5.88 Å². The van der Waals surface area contributed by atoms with Crippen molar-refractivity contribution in [1.82, 2.24) is 20.2 Å². The maximum Gasteiger partial charge on any atom is 0.422 e. The zero-order valence-corrected chi connectivity index (χ0v) is 18.3. The molecule has 32 heavy (non-hydrogen) atoms. The number of aromatic nitrogens is 2. The summed E-state index contributed by atoms with van der Waals surface area (Å²) >= 11 is 0. The van der Waals surface area contributed by atoms with Gasteiger partial charge < -0.3 is 15.0 Å². The SMILES string of the molecule is Cc1cc(C(C)N2Cc3c(ccnc3CC(=O)NC(C)C)C2=O)cnc1OCC(F)(F)F. The van der Waals surface area contributed by atoms with Crippen LogP contribution in [0.1, 0.15) is 59.6 Å². The topological polar surface area (TPSA) is 84.4 Å². The van der Waals surface area contributed by atoms with Gasteiger partial charge in [-0.05, 0) is 45.4 Å². The van der Waals surface area contributed by atoms with Gasteiger partial charge in [0.15, 0.2) is 6.61 Å². The number of nitrogens with zero attached hydrogens (tertiary/aromatic N) is 3. The number of ether oxygens (including phenoxy) is 1. The number of alkyl halides is 3. The van der Waals surface area contributed by atoms with E-state index < -0.39 is 18.8 Å². The summed E-state index contributed by atoms with van der Waals surface area (Å²) in [5.74, 6) is -0.471. The predicted octanol–water partition coefficient (Wildman–Crippen LogP) is 3.51. The molecule has 3 heterocycles. The first-order chi connectivity index (χ1) is 15.0. The van der Waals surface area contributed by atoms with E-state index in [4.69, 9.17) is 4.74 Å². The molecule has 1 atom stereocenters. The number of nitrogens with one attached hydrogen (secondary N) is 1. The van der Waals surface area contributed by atoms with Gasteiger partial charge in [0.1, 0.15) is 0 Å². The summed E-state index contributed by atoms with van der Waals surface area (Å²) in [6, 6.07) is 2.90. The normalized spacial score (nSPS) is 14.5. The molecule has 0 aliphatic carbocycles. The quantitative estimate of drug-likeness (QED) is 0.698. The van der Waals surface area contributed by atoms with E-state index in [-0.39, 0.29) is 36.7 Å². The smallest absolute Gasteiger partial charge is 0.422 e. The molecular weight excluding hydrogens is 425 g/mol. The Morgan fingerprint density at radius 3 is 2.62 bits per heavy atom. The van der Waals surface area contributed by atoms with E-state index in [1.54, 1.807) is 24.0 Å². The van der Waals surface area contributed by atoms with Crippen LogP contribution in [-0.2, 0) is 17.8 Å². The second-order valence-electron chi connectivity index (χ2n) is 8.09. The molecule has 1 N–H and O–H groups in total. The first kappa shape index (κ1) is 23.5. The van der Waals surface area contributed by atoms with E-state index in [0.717, 1.165) is 0 Å². The first-order valence-electron chi connectivity index (χ1n) is 10.2. The summed E-state index contributed by atoms with van der Waals surface area (Å²) in [5, 5.41) is 2.82. The zero-order valence-electron chi connectivity index (χ0n) is 18.3. The van der Waals surface area contributed by atoms with Crippen LogP contribution in [-0.4, -0.2) is 45.5 Å². The van der Waals surface area contributed by atoms with Crippen molar-refractivity contribution in [3.63, 3.8) is 0 Å². The molecule has 0 spiro atoms. The fraction of sp³-hybridized carbons (Fsp3) is 0.455. The molecule has 0 saturated carbocycles. The Bertz CT molecular complexity index is 1020. The molecule has 2 amide bonds. The number of hydrogen-bond donors (Lipinski definition) is 1. The van der Waals surface area contributed by atoms with Gasteiger partial charge in [-0.3, -0.25) is 14.6 Å². The third-order valence-electron chi connectivity index (χ3n) is 5.12. The van der Waals surface area contributed by atoms with Crippen molar-refractivity contribution in [2.45, 2.75) is 58.9 Å². The number of carbonyl (C=O) groups is 2. The number of hydrogen-bond acceptors (Lipinski definition) is 5. The lowest BCUT2D eigenvalue weighted by Crippen LogP contribution is -2.32. The molecule has 3 rings (SSSR count). The van der Waals surface area contributed by atoms with Gasteiger partial charge in [-0.2, -0.15) is 13.2 Å². The second-order valence-corrected chi connectivity index (χ2v) is 8.09. The average molecular weight is 450 g/mol. The second kappa shape index (κ2) is 9.13. The van der Waals surface area contributed by atoms with Gasteiger partial charge in [0, 0.05) is 41.7 Å². The van der Waals surface area contributed by atoms with Crippen molar-refractivity contribution in [3.05, 3.63) is 52.5 Å². The minimum absolute atomic E-state index is 0.00349. The highest BCUT2D eigenvalue weighted by atomic mass is 19.4. The van der Waals surface area contributed by atoms with Crippen molar-refractivity contribution in [1.29, 1.82) is 0 Å². The molecule has 172 valence electrons. The molecule has 7 nitrogen and oxygen atoms in total. The molecule has 2 aromatic rings. The monoisotopic (exact) mass is 450 g/mol. The van der Waals surface area contributed by atoms with Crippen LogP contribution in [0.4, 0.5) is 13.2 Å².